The zero-order valence-corrected chi connectivity index (χ0v) is 22.7. The molecule has 35 heavy (non-hydrogen) atoms. The molecular formula is C28H52NO6+. The van der Waals surface area contributed by atoms with Gasteiger partial charge in [-0.05, 0) is 51.4 Å². The maximum atomic E-state index is 11.9. The number of hydrogen-bond donors (Lipinski definition) is 3. The zero-order chi connectivity index (χ0) is 26.7. The number of aliphatic carboxylic acids is 3. The predicted molar refractivity (Wildman–Crippen MR) is 140 cm³/mol. The van der Waals surface area contributed by atoms with Crippen molar-refractivity contribution in [2.45, 2.75) is 105 Å². The Hall–Kier alpha value is -1.89. The largest absolute Gasteiger partial charge is 0.481 e. The molecule has 0 saturated carbocycles. The Morgan fingerprint density at radius 3 is 1.31 bits per heavy atom. The molecule has 0 aromatic rings. The van der Waals surface area contributed by atoms with E-state index >= 15 is 0 Å². The predicted octanol–water partition coefficient (Wildman–Crippen LogP) is 6.22. The van der Waals surface area contributed by atoms with Crippen molar-refractivity contribution in [3.05, 3.63) is 12.2 Å². The molecule has 3 unspecified atom stereocenters. The van der Waals surface area contributed by atoms with Gasteiger partial charge < -0.3 is 19.8 Å². The van der Waals surface area contributed by atoms with Crippen LogP contribution in [-0.2, 0) is 14.4 Å². The van der Waals surface area contributed by atoms with E-state index in [-0.39, 0.29) is 24.1 Å². The maximum absolute atomic E-state index is 11.9. The maximum Gasteiger partial charge on any atom is 0.312 e. The third kappa shape index (κ3) is 14.3. The first-order chi connectivity index (χ1) is 16.7. The molecule has 0 saturated heterocycles. The first-order valence-corrected chi connectivity index (χ1v) is 13.8. The van der Waals surface area contributed by atoms with Gasteiger partial charge in [0.15, 0.2) is 0 Å². The molecular weight excluding hydrogens is 446 g/mol. The Balaban J connectivity index is 5.41. The van der Waals surface area contributed by atoms with Gasteiger partial charge in [-0.25, -0.2) is 0 Å². The van der Waals surface area contributed by atoms with Gasteiger partial charge in [0.2, 0.25) is 0 Å². The van der Waals surface area contributed by atoms with Crippen LogP contribution < -0.4 is 0 Å². The molecule has 0 aliphatic carbocycles. The summed E-state index contributed by atoms with van der Waals surface area (Å²) in [7, 11) is 0. The minimum atomic E-state index is -0.899. The molecule has 3 atom stereocenters. The molecule has 0 radical (unpaired) electrons. The molecule has 0 bridgehead atoms. The van der Waals surface area contributed by atoms with Crippen molar-refractivity contribution in [1.29, 1.82) is 0 Å². The number of allylic oxidation sites excluding steroid dienone is 2. The Labute approximate surface area is 213 Å². The lowest BCUT2D eigenvalue weighted by Gasteiger charge is -2.43. The van der Waals surface area contributed by atoms with Gasteiger partial charge >= 0.3 is 17.9 Å². The third-order valence-corrected chi connectivity index (χ3v) is 7.24. The monoisotopic (exact) mass is 498 g/mol. The highest BCUT2D eigenvalue weighted by atomic mass is 16.4. The summed E-state index contributed by atoms with van der Waals surface area (Å²) in [6, 6.07) is 0. The normalized spacial score (nSPS) is 16.0. The standard InChI is InChI=1S/C28H51NO6/c1-5-9-10-11-12-13-14-15-16-17-18-19-29(20-23(6-2)26(30)31,21-24(7-3)27(32)33)22-25(8-4)28(34)35/h14-15,23-25H,5-13,16-22H2,1-4H3,(H2-,30,31,32,33,34,35)/p+1/b15-14+. The number of hydrogen-bond acceptors (Lipinski definition) is 3. The second-order valence-electron chi connectivity index (χ2n) is 10.1. The Bertz CT molecular complexity index is 573. The van der Waals surface area contributed by atoms with E-state index in [1.807, 2.05) is 20.8 Å². The van der Waals surface area contributed by atoms with Gasteiger partial charge in [0.25, 0.3) is 0 Å². The molecule has 7 nitrogen and oxygen atoms in total. The fourth-order valence-electron chi connectivity index (χ4n) is 4.86. The Morgan fingerprint density at radius 2 is 0.971 bits per heavy atom. The van der Waals surface area contributed by atoms with Crippen molar-refractivity contribution in [2.24, 2.45) is 17.8 Å². The summed E-state index contributed by atoms with van der Waals surface area (Å²) in [6.45, 7) is 9.09. The van der Waals surface area contributed by atoms with Crippen LogP contribution >= 0.6 is 0 Å². The first-order valence-electron chi connectivity index (χ1n) is 13.8. The lowest BCUT2D eigenvalue weighted by molar-refractivity contribution is -0.935. The number of unbranched alkanes of at least 4 members (excludes halogenated alkanes) is 7. The number of rotatable bonds is 23. The minimum Gasteiger partial charge on any atom is -0.481 e. The van der Waals surface area contributed by atoms with Gasteiger partial charge in [-0.15, -0.1) is 0 Å². The van der Waals surface area contributed by atoms with E-state index < -0.39 is 35.7 Å². The third-order valence-electron chi connectivity index (χ3n) is 7.24. The van der Waals surface area contributed by atoms with Gasteiger partial charge in [0.05, 0.1) is 26.2 Å². The van der Waals surface area contributed by atoms with Crippen LogP contribution in [-0.4, -0.2) is 63.9 Å². The molecule has 0 aliphatic heterocycles. The quantitative estimate of drug-likeness (QED) is 0.0875. The number of carbonyl (C=O) groups is 3. The number of carboxylic acid groups (broad SMARTS) is 3. The lowest BCUT2D eigenvalue weighted by Crippen LogP contribution is -2.58. The van der Waals surface area contributed by atoms with Crippen LogP contribution in [0, 0.1) is 17.8 Å². The number of nitrogens with zero attached hydrogens (tertiary/aromatic N) is 1. The van der Waals surface area contributed by atoms with Gasteiger partial charge in [0.1, 0.15) is 17.8 Å². The second kappa shape index (κ2) is 19.3. The summed E-state index contributed by atoms with van der Waals surface area (Å²) in [4.78, 5) is 35.7. The van der Waals surface area contributed by atoms with E-state index in [0.29, 0.717) is 25.8 Å². The van der Waals surface area contributed by atoms with E-state index in [4.69, 9.17) is 0 Å². The summed E-state index contributed by atoms with van der Waals surface area (Å²) < 4.78 is 0.238. The summed E-state index contributed by atoms with van der Waals surface area (Å²) in [5, 5.41) is 29.2. The molecule has 0 amide bonds. The summed E-state index contributed by atoms with van der Waals surface area (Å²) >= 11 is 0. The molecule has 0 rings (SSSR count). The first kappa shape index (κ1) is 33.1. The average molecular weight is 499 g/mol. The second-order valence-corrected chi connectivity index (χ2v) is 10.1. The molecule has 0 aromatic heterocycles. The van der Waals surface area contributed by atoms with Crippen LogP contribution in [0.2, 0.25) is 0 Å². The minimum absolute atomic E-state index is 0.238. The molecule has 204 valence electrons. The van der Waals surface area contributed by atoms with E-state index in [1.165, 1.54) is 32.1 Å². The van der Waals surface area contributed by atoms with E-state index in [1.54, 1.807) is 0 Å². The molecule has 0 spiro atoms. The van der Waals surface area contributed by atoms with Crippen molar-refractivity contribution >= 4 is 17.9 Å². The van der Waals surface area contributed by atoms with Gasteiger partial charge in [-0.1, -0.05) is 65.5 Å². The highest BCUT2D eigenvalue weighted by Gasteiger charge is 2.40. The highest BCUT2D eigenvalue weighted by Crippen LogP contribution is 2.25. The Morgan fingerprint density at radius 1 is 0.600 bits per heavy atom. The van der Waals surface area contributed by atoms with Gasteiger partial charge in [-0.3, -0.25) is 14.4 Å². The van der Waals surface area contributed by atoms with Crippen LogP contribution in [0.3, 0.4) is 0 Å². The molecule has 0 fully saturated rings. The molecule has 7 heteroatoms. The van der Waals surface area contributed by atoms with Crippen LogP contribution in [0.5, 0.6) is 0 Å². The summed E-state index contributed by atoms with van der Waals surface area (Å²) in [5.74, 6) is -4.57. The Kier molecular flexibility index (Phi) is 18.3. The van der Waals surface area contributed by atoms with Crippen LogP contribution in [0.25, 0.3) is 0 Å². The van der Waals surface area contributed by atoms with Crippen molar-refractivity contribution in [2.75, 3.05) is 26.2 Å². The van der Waals surface area contributed by atoms with Crippen LogP contribution in [0.4, 0.5) is 0 Å². The molecule has 0 heterocycles. The average Bonchev–Trinajstić information content (AvgIpc) is 2.82. The fraction of sp³-hybridized carbons (Fsp3) is 0.821. The van der Waals surface area contributed by atoms with E-state index in [2.05, 4.69) is 19.1 Å². The van der Waals surface area contributed by atoms with Crippen molar-refractivity contribution in [3.8, 4) is 0 Å². The van der Waals surface area contributed by atoms with E-state index in [9.17, 15) is 29.7 Å². The van der Waals surface area contributed by atoms with E-state index in [0.717, 1.165) is 25.7 Å². The highest BCUT2D eigenvalue weighted by molar-refractivity contribution is 5.71. The number of quaternary nitrogens is 1. The molecule has 0 aliphatic rings. The SMILES string of the molecule is CCCCCCC/C=C/CCCC[N+](CC(CC)C(=O)O)(CC(CC)C(=O)O)CC(CC)C(=O)O. The topological polar surface area (TPSA) is 112 Å². The van der Waals surface area contributed by atoms with Crippen molar-refractivity contribution < 1.29 is 34.2 Å². The van der Waals surface area contributed by atoms with Crippen LogP contribution in [0.1, 0.15) is 105 Å². The van der Waals surface area contributed by atoms with Crippen molar-refractivity contribution in [1.82, 2.24) is 0 Å². The van der Waals surface area contributed by atoms with Crippen molar-refractivity contribution in [3.63, 3.8) is 0 Å². The summed E-state index contributed by atoms with van der Waals surface area (Å²) in [5.41, 5.74) is 0. The van der Waals surface area contributed by atoms with Crippen LogP contribution in [0.15, 0.2) is 12.2 Å². The van der Waals surface area contributed by atoms with Gasteiger partial charge in [-0.2, -0.15) is 0 Å². The lowest BCUT2D eigenvalue weighted by atomic mass is 9.95. The summed E-state index contributed by atoms with van der Waals surface area (Å²) in [6.07, 6.45) is 15.8. The molecule has 0 aromatic carbocycles. The smallest absolute Gasteiger partial charge is 0.312 e. The fourth-order valence-corrected chi connectivity index (χ4v) is 4.86. The molecule has 3 N–H and O–H groups in total. The zero-order valence-electron chi connectivity index (χ0n) is 22.7. The number of carboxylic acids is 3. The van der Waals surface area contributed by atoms with Gasteiger partial charge in [0, 0.05) is 0 Å².